The molecule has 0 aliphatic heterocycles. The molecule has 0 bridgehead atoms. The molecular formula is C23H50ClN2O+. The summed E-state index contributed by atoms with van der Waals surface area (Å²) in [5.74, 6) is 0.235. The van der Waals surface area contributed by atoms with Crippen LogP contribution >= 0.6 is 0 Å². The first kappa shape index (κ1) is 28.9. The van der Waals surface area contributed by atoms with Crippen LogP contribution in [0.3, 0.4) is 0 Å². The van der Waals surface area contributed by atoms with Crippen LogP contribution in [0.2, 0.25) is 0 Å². The summed E-state index contributed by atoms with van der Waals surface area (Å²) in [6, 6.07) is 0. The van der Waals surface area contributed by atoms with E-state index < -0.39 is 0 Å². The number of rotatable bonds is 20. The molecule has 0 saturated heterocycles. The number of hydrogen-bond donors (Lipinski definition) is 1. The fraction of sp³-hybridized carbons (Fsp3) is 0.957. The van der Waals surface area contributed by atoms with Gasteiger partial charge in [0.2, 0.25) is 5.91 Å². The summed E-state index contributed by atoms with van der Waals surface area (Å²) < 4.78 is 0. The SMILES string of the molecule is CCCCCCCCCCCCCCCCCC(=O)NCCCN(C)C.[ClH2+]. The van der Waals surface area contributed by atoms with Gasteiger partial charge in [-0.2, -0.15) is 0 Å². The van der Waals surface area contributed by atoms with Crippen LogP contribution in [0, 0.1) is 12.4 Å². The molecule has 4 heteroatoms. The Morgan fingerprint density at radius 1 is 0.667 bits per heavy atom. The average Bonchev–Trinajstić information content (AvgIpc) is 2.62. The van der Waals surface area contributed by atoms with Crippen molar-refractivity contribution in [3.63, 3.8) is 0 Å². The van der Waals surface area contributed by atoms with Gasteiger partial charge in [-0.1, -0.05) is 96.8 Å². The number of carbonyl (C=O) groups is 1. The highest BCUT2D eigenvalue weighted by molar-refractivity contribution is 5.75. The van der Waals surface area contributed by atoms with E-state index >= 15 is 0 Å². The largest absolute Gasteiger partial charge is 0.356 e. The molecule has 0 radical (unpaired) electrons. The zero-order chi connectivity index (χ0) is 19.3. The van der Waals surface area contributed by atoms with Crippen LogP contribution in [0.4, 0.5) is 0 Å². The van der Waals surface area contributed by atoms with Crippen LogP contribution in [-0.4, -0.2) is 38.0 Å². The minimum absolute atomic E-state index is 0. The van der Waals surface area contributed by atoms with Gasteiger partial charge in [0.1, 0.15) is 0 Å². The molecule has 164 valence electrons. The van der Waals surface area contributed by atoms with E-state index in [1.54, 1.807) is 0 Å². The molecule has 1 N–H and O–H groups in total. The Morgan fingerprint density at radius 2 is 1.07 bits per heavy atom. The number of nitrogens with zero attached hydrogens (tertiary/aromatic N) is 1. The maximum Gasteiger partial charge on any atom is 0.219 e. The van der Waals surface area contributed by atoms with Crippen molar-refractivity contribution in [2.75, 3.05) is 27.2 Å². The lowest BCUT2D eigenvalue weighted by Gasteiger charge is -2.09. The summed E-state index contributed by atoms with van der Waals surface area (Å²) in [6.07, 6.45) is 22.3. The molecular weight excluding hydrogens is 356 g/mol. The maximum atomic E-state index is 11.7. The van der Waals surface area contributed by atoms with Crippen LogP contribution in [0.25, 0.3) is 0 Å². The Kier molecular flexibility index (Phi) is 25.5. The molecule has 0 aliphatic rings. The highest BCUT2D eigenvalue weighted by Gasteiger charge is 2.00. The van der Waals surface area contributed by atoms with Gasteiger partial charge in [-0.05, 0) is 33.5 Å². The Bertz CT molecular complexity index is 298. The molecule has 0 spiro atoms. The zero-order valence-electron chi connectivity index (χ0n) is 18.7. The lowest BCUT2D eigenvalue weighted by molar-refractivity contribution is -0.121. The number of unbranched alkanes of at least 4 members (excludes halogenated alkanes) is 14. The smallest absolute Gasteiger partial charge is 0.219 e. The van der Waals surface area contributed by atoms with E-state index in [0.717, 1.165) is 25.9 Å². The third-order valence-electron chi connectivity index (χ3n) is 5.11. The Hall–Kier alpha value is -0.280. The summed E-state index contributed by atoms with van der Waals surface area (Å²) in [5, 5.41) is 3.02. The van der Waals surface area contributed by atoms with Crippen molar-refractivity contribution in [1.82, 2.24) is 10.2 Å². The van der Waals surface area contributed by atoms with Crippen LogP contribution < -0.4 is 5.32 Å². The van der Waals surface area contributed by atoms with E-state index in [-0.39, 0.29) is 18.3 Å². The Morgan fingerprint density at radius 3 is 1.48 bits per heavy atom. The molecule has 0 saturated carbocycles. The number of hydrogen-bond acceptors (Lipinski definition) is 2. The second-order valence-corrected chi connectivity index (χ2v) is 8.21. The van der Waals surface area contributed by atoms with Crippen LogP contribution in [0.1, 0.15) is 116 Å². The van der Waals surface area contributed by atoms with Crippen molar-refractivity contribution in [1.29, 1.82) is 0 Å². The van der Waals surface area contributed by atoms with Crippen LogP contribution in [0.5, 0.6) is 0 Å². The molecule has 1 amide bonds. The quantitative estimate of drug-likeness (QED) is 0.260. The van der Waals surface area contributed by atoms with E-state index in [1.807, 2.05) is 0 Å². The van der Waals surface area contributed by atoms with Gasteiger partial charge in [0.25, 0.3) is 0 Å². The average molecular weight is 406 g/mol. The fourth-order valence-corrected chi connectivity index (χ4v) is 3.37. The number of halogens is 1. The highest BCUT2D eigenvalue weighted by atomic mass is 35.5. The zero-order valence-corrected chi connectivity index (χ0v) is 19.6. The van der Waals surface area contributed by atoms with Gasteiger partial charge in [-0.15, -0.1) is 0 Å². The molecule has 0 aliphatic carbocycles. The predicted octanol–water partition coefficient (Wildman–Crippen LogP) is 5.78. The number of amides is 1. The van der Waals surface area contributed by atoms with E-state index in [4.69, 9.17) is 0 Å². The lowest BCUT2D eigenvalue weighted by atomic mass is 10.0. The molecule has 27 heavy (non-hydrogen) atoms. The van der Waals surface area contributed by atoms with Gasteiger partial charge in [0, 0.05) is 13.0 Å². The van der Waals surface area contributed by atoms with Gasteiger partial charge in [-0.25, -0.2) is 0 Å². The summed E-state index contributed by atoms with van der Waals surface area (Å²) in [6.45, 7) is 4.14. The molecule has 0 aromatic rings. The third kappa shape index (κ3) is 25.7. The van der Waals surface area contributed by atoms with Crippen molar-refractivity contribution in [3.05, 3.63) is 0 Å². The molecule has 0 fully saturated rings. The molecule has 3 nitrogen and oxygen atoms in total. The van der Waals surface area contributed by atoms with Crippen molar-refractivity contribution < 1.29 is 17.2 Å². The maximum absolute atomic E-state index is 11.7. The normalized spacial score (nSPS) is 10.8. The third-order valence-corrected chi connectivity index (χ3v) is 5.11. The topological polar surface area (TPSA) is 32.3 Å². The second-order valence-electron chi connectivity index (χ2n) is 8.21. The minimum atomic E-state index is 0. The van der Waals surface area contributed by atoms with E-state index in [9.17, 15) is 4.79 Å². The summed E-state index contributed by atoms with van der Waals surface area (Å²) >= 11 is 0. The van der Waals surface area contributed by atoms with E-state index in [2.05, 4.69) is 31.2 Å². The van der Waals surface area contributed by atoms with Gasteiger partial charge in [-0.3, -0.25) is 4.79 Å². The highest BCUT2D eigenvalue weighted by Crippen LogP contribution is 2.13. The molecule has 0 atom stereocenters. The first-order chi connectivity index (χ1) is 12.7. The van der Waals surface area contributed by atoms with Crippen molar-refractivity contribution in [3.8, 4) is 0 Å². The molecule has 0 rings (SSSR count). The van der Waals surface area contributed by atoms with Crippen LogP contribution in [0.15, 0.2) is 0 Å². The van der Waals surface area contributed by atoms with Gasteiger partial charge in [0.15, 0.2) is 0 Å². The lowest BCUT2D eigenvalue weighted by Crippen LogP contribution is -2.26. The van der Waals surface area contributed by atoms with E-state index in [1.165, 1.54) is 89.9 Å². The van der Waals surface area contributed by atoms with Crippen LogP contribution in [-0.2, 0) is 4.79 Å². The number of nitrogens with one attached hydrogen (secondary N) is 1. The van der Waals surface area contributed by atoms with Gasteiger partial charge < -0.3 is 10.2 Å². The van der Waals surface area contributed by atoms with Crippen molar-refractivity contribution >= 4 is 5.91 Å². The summed E-state index contributed by atoms with van der Waals surface area (Å²) in [5.41, 5.74) is 0. The molecule has 0 heterocycles. The summed E-state index contributed by atoms with van der Waals surface area (Å²) in [4.78, 5) is 13.9. The van der Waals surface area contributed by atoms with Crippen molar-refractivity contribution in [2.24, 2.45) is 0 Å². The monoisotopic (exact) mass is 405 g/mol. The fourth-order valence-electron chi connectivity index (χ4n) is 3.37. The van der Waals surface area contributed by atoms with Gasteiger partial charge in [0.05, 0.1) is 12.4 Å². The molecule has 0 unspecified atom stereocenters. The molecule has 0 aromatic carbocycles. The minimum Gasteiger partial charge on any atom is -0.356 e. The number of carbonyl (C=O) groups excluding carboxylic acids is 1. The van der Waals surface area contributed by atoms with E-state index in [0.29, 0.717) is 6.42 Å². The standard InChI is InChI=1S/C23H48N2O.ClH2/c1-4-5-6-7-8-9-10-11-12-13-14-15-16-17-18-20-23(26)24-21-19-22-25(2)3;/h4-22H2,1-3H3,(H,24,26);1H2/q;+1. The molecule has 0 aromatic heterocycles. The Labute approximate surface area is 176 Å². The van der Waals surface area contributed by atoms with Gasteiger partial charge >= 0.3 is 0 Å². The van der Waals surface area contributed by atoms with Crippen molar-refractivity contribution in [2.45, 2.75) is 116 Å². The Balaban J connectivity index is 0. The predicted molar refractivity (Wildman–Crippen MR) is 119 cm³/mol. The summed E-state index contributed by atoms with van der Waals surface area (Å²) in [7, 11) is 4.13. The second kappa shape index (κ2) is 23.8. The first-order valence-electron chi connectivity index (χ1n) is 11.6. The first-order valence-corrected chi connectivity index (χ1v) is 11.6.